The summed E-state index contributed by atoms with van der Waals surface area (Å²) in [6, 6.07) is 14.2. The number of aryl methyl sites for hydroxylation is 1. The first-order valence-corrected chi connectivity index (χ1v) is 12.6. The number of ether oxygens (including phenoxy) is 2. The van der Waals surface area contributed by atoms with Crippen LogP contribution < -0.4 is 4.74 Å². The van der Waals surface area contributed by atoms with Crippen LogP contribution in [0.1, 0.15) is 40.1 Å². The van der Waals surface area contributed by atoms with E-state index in [1.54, 1.807) is 24.4 Å². The van der Waals surface area contributed by atoms with Crippen LogP contribution in [0.3, 0.4) is 0 Å². The minimum atomic E-state index is -0.366. The van der Waals surface area contributed by atoms with Crippen molar-refractivity contribution in [2.75, 3.05) is 13.1 Å². The van der Waals surface area contributed by atoms with E-state index in [9.17, 15) is 14.7 Å². The number of ketones is 1. The van der Waals surface area contributed by atoms with E-state index in [0.717, 1.165) is 27.7 Å². The maximum absolute atomic E-state index is 13.1. The van der Waals surface area contributed by atoms with E-state index < -0.39 is 0 Å². The van der Waals surface area contributed by atoms with Crippen molar-refractivity contribution in [1.29, 1.82) is 0 Å². The lowest BCUT2D eigenvalue weighted by Crippen LogP contribution is -2.48. The number of fused-ring (bicyclic) bond motifs is 2. The fourth-order valence-electron chi connectivity index (χ4n) is 5.36. The van der Waals surface area contributed by atoms with Crippen molar-refractivity contribution in [2.24, 2.45) is 7.05 Å². The van der Waals surface area contributed by atoms with E-state index in [4.69, 9.17) is 9.47 Å². The molecule has 2 aromatic carbocycles. The lowest BCUT2D eigenvalue weighted by atomic mass is 9.99. The van der Waals surface area contributed by atoms with Crippen molar-refractivity contribution in [2.45, 2.75) is 26.1 Å². The number of carbonyl (C=O) groups excluding carboxylic acids is 2. The SMILES string of the molecule is C[C@@H]1CN(C(=O)c2ccc(-c3ccnc4c3c(/C=C3\Oc5cccc(O)c5C3=O)cn4C)cc2)C[C@H](C)O1. The number of hydrogen-bond donors (Lipinski definition) is 1. The molecule has 8 heteroatoms. The molecule has 2 aromatic heterocycles. The van der Waals surface area contributed by atoms with Crippen LogP contribution in [0, 0.1) is 0 Å². The van der Waals surface area contributed by atoms with Gasteiger partial charge in [0.1, 0.15) is 22.7 Å². The molecule has 1 fully saturated rings. The van der Waals surface area contributed by atoms with E-state index in [1.807, 2.05) is 66.9 Å². The van der Waals surface area contributed by atoms with Crippen LogP contribution in [0.4, 0.5) is 0 Å². The highest BCUT2D eigenvalue weighted by molar-refractivity contribution is 6.17. The summed E-state index contributed by atoms with van der Waals surface area (Å²) < 4.78 is 13.5. The first kappa shape index (κ1) is 23.9. The highest BCUT2D eigenvalue weighted by Crippen LogP contribution is 2.39. The minimum Gasteiger partial charge on any atom is -0.507 e. The van der Waals surface area contributed by atoms with Crippen LogP contribution in [0.5, 0.6) is 11.5 Å². The molecule has 4 heterocycles. The second-order valence-corrected chi connectivity index (χ2v) is 9.89. The summed E-state index contributed by atoms with van der Waals surface area (Å²) in [5.41, 5.74) is 4.14. The molecule has 6 rings (SSSR count). The van der Waals surface area contributed by atoms with Gasteiger partial charge in [0, 0.05) is 49.0 Å². The molecule has 1 amide bonds. The number of morpholine rings is 1. The number of pyridine rings is 1. The fraction of sp³-hybridized carbons (Fsp3) is 0.233. The zero-order valence-corrected chi connectivity index (χ0v) is 21.3. The average Bonchev–Trinajstić information content (AvgIpc) is 3.40. The van der Waals surface area contributed by atoms with Crippen molar-refractivity contribution in [3.05, 3.63) is 83.4 Å². The predicted molar refractivity (Wildman–Crippen MR) is 143 cm³/mol. The second-order valence-electron chi connectivity index (χ2n) is 9.89. The zero-order chi connectivity index (χ0) is 26.6. The summed E-state index contributed by atoms with van der Waals surface area (Å²) in [5.74, 6) is -0.00639. The topological polar surface area (TPSA) is 93.9 Å². The van der Waals surface area contributed by atoms with Crippen LogP contribution >= 0.6 is 0 Å². The van der Waals surface area contributed by atoms with Crippen molar-refractivity contribution in [3.8, 4) is 22.6 Å². The largest absolute Gasteiger partial charge is 0.507 e. The first-order chi connectivity index (χ1) is 18.3. The van der Waals surface area contributed by atoms with Crippen LogP contribution in [-0.4, -0.2) is 56.5 Å². The average molecular weight is 510 g/mol. The number of nitrogens with zero attached hydrogens (tertiary/aromatic N) is 3. The maximum atomic E-state index is 13.1. The number of carbonyl (C=O) groups is 2. The van der Waals surface area contributed by atoms with Gasteiger partial charge in [-0.25, -0.2) is 4.98 Å². The number of Topliss-reactive ketones (excluding diaryl/α,β-unsaturated/α-hetero) is 1. The Balaban J connectivity index is 1.36. The van der Waals surface area contributed by atoms with Gasteiger partial charge in [-0.1, -0.05) is 18.2 Å². The Kier molecular flexibility index (Phi) is 5.76. The molecule has 0 radical (unpaired) electrons. The highest BCUT2D eigenvalue weighted by Gasteiger charge is 2.31. The van der Waals surface area contributed by atoms with Crippen LogP contribution in [0.15, 0.2) is 66.7 Å². The van der Waals surface area contributed by atoms with E-state index >= 15 is 0 Å². The standard InChI is InChI=1S/C30H27N3O5/c1-17-14-33(15-18(2)37-17)30(36)20-9-7-19(8-10-20)22-11-12-31-29-26(22)21(16-32(29)3)13-25-28(35)27-23(34)5-4-6-24(27)38-25/h4-13,16-18,34H,14-15H2,1-3H3/b25-13-/t17-,18+. The van der Waals surface area contributed by atoms with Gasteiger partial charge in [0.2, 0.25) is 5.78 Å². The molecule has 0 spiro atoms. The molecule has 4 aromatic rings. The van der Waals surface area contributed by atoms with Crippen molar-refractivity contribution < 1.29 is 24.2 Å². The van der Waals surface area contributed by atoms with Gasteiger partial charge in [0.15, 0.2) is 5.76 Å². The number of allylic oxidation sites excluding steroid dienone is 1. The predicted octanol–water partition coefficient (Wildman–Crippen LogP) is 4.81. The van der Waals surface area contributed by atoms with Gasteiger partial charge in [0.25, 0.3) is 5.91 Å². The first-order valence-electron chi connectivity index (χ1n) is 12.6. The smallest absolute Gasteiger partial charge is 0.254 e. The highest BCUT2D eigenvalue weighted by atomic mass is 16.5. The van der Waals surface area contributed by atoms with E-state index in [1.165, 1.54) is 6.07 Å². The Morgan fingerprint density at radius 2 is 1.82 bits per heavy atom. The van der Waals surface area contributed by atoms with Gasteiger partial charge in [-0.15, -0.1) is 0 Å². The molecule has 8 nitrogen and oxygen atoms in total. The molecule has 0 aliphatic carbocycles. The Hall–Kier alpha value is -4.43. The number of phenols is 1. The monoisotopic (exact) mass is 509 g/mol. The molecule has 1 N–H and O–H groups in total. The van der Waals surface area contributed by atoms with E-state index in [0.29, 0.717) is 24.4 Å². The third kappa shape index (κ3) is 4.03. The number of benzene rings is 2. The molecule has 1 saturated heterocycles. The van der Waals surface area contributed by atoms with Gasteiger partial charge in [-0.3, -0.25) is 9.59 Å². The fourth-order valence-corrected chi connectivity index (χ4v) is 5.36. The van der Waals surface area contributed by atoms with Crippen LogP contribution in [0.25, 0.3) is 28.2 Å². The number of hydrogen-bond acceptors (Lipinski definition) is 6. The summed E-state index contributed by atoms with van der Waals surface area (Å²) in [5, 5.41) is 11.0. The van der Waals surface area contributed by atoms with Gasteiger partial charge in [-0.05, 0) is 61.4 Å². The van der Waals surface area contributed by atoms with Gasteiger partial charge in [0.05, 0.1) is 12.2 Å². The van der Waals surface area contributed by atoms with E-state index in [2.05, 4.69) is 4.98 Å². The molecule has 2 aliphatic heterocycles. The Labute approximate surface area is 219 Å². The minimum absolute atomic E-state index is 0.00480. The molecule has 0 bridgehead atoms. The summed E-state index contributed by atoms with van der Waals surface area (Å²) in [6.45, 7) is 5.10. The molecule has 2 aliphatic rings. The number of rotatable bonds is 3. The van der Waals surface area contributed by atoms with E-state index in [-0.39, 0.29) is 41.0 Å². The van der Waals surface area contributed by atoms with Crippen LogP contribution in [-0.2, 0) is 11.8 Å². The van der Waals surface area contributed by atoms with Gasteiger partial charge in [-0.2, -0.15) is 0 Å². The number of phenolic OH excluding ortho intramolecular Hbond substituents is 1. The van der Waals surface area contributed by atoms with Gasteiger partial charge >= 0.3 is 0 Å². The van der Waals surface area contributed by atoms with Gasteiger partial charge < -0.3 is 24.0 Å². The third-order valence-corrected chi connectivity index (χ3v) is 7.00. The maximum Gasteiger partial charge on any atom is 0.254 e. The molecular weight excluding hydrogens is 482 g/mol. The van der Waals surface area contributed by atoms with Crippen LogP contribution in [0.2, 0.25) is 0 Å². The second kappa shape index (κ2) is 9.15. The molecular formula is C30H27N3O5. The summed E-state index contributed by atoms with van der Waals surface area (Å²) in [4.78, 5) is 32.5. The molecule has 2 atom stereocenters. The lowest BCUT2D eigenvalue weighted by Gasteiger charge is -2.35. The lowest BCUT2D eigenvalue weighted by molar-refractivity contribution is -0.0586. The summed E-state index contributed by atoms with van der Waals surface area (Å²) in [7, 11) is 1.89. The number of aromatic nitrogens is 2. The number of aromatic hydroxyl groups is 1. The Bertz CT molecular complexity index is 1610. The molecule has 0 unspecified atom stereocenters. The van der Waals surface area contributed by atoms with Crippen molar-refractivity contribution >= 4 is 28.8 Å². The van der Waals surface area contributed by atoms with Crippen molar-refractivity contribution in [1.82, 2.24) is 14.5 Å². The quantitative estimate of drug-likeness (QED) is 0.399. The summed E-state index contributed by atoms with van der Waals surface area (Å²) >= 11 is 0. The molecule has 38 heavy (non-hydrogen) atoms. The Morgan fingerprint density at radius 1 is 1.08 bits per heavy atom. The normalized spacial score (nSPS) is 20.1. The molecule has 192 valence electrons. The Morgan fingerprint density at radius 3 is 2.53 bits per heavy atom. The molecule has 0 saturated carbocycles. The zero-order valence-electron chi connectivity index (χ0n) is 21.3. The number of amides is 1. The van der Waals surface area contributed by atoms with Crippen molar-refractivity contribution in [3.63, 3.8) is 0 Å². The third-order valence-electron chi connectivity index (χ3n) is 7.00. The summed E-state index contributed by atoms with van der Waals surface area (Å²) in [6.07, 6.45) is 5.34.